The van der Waals surface area contributed by atoms with Gasteiger partial charge in [-0.3, -0.25) is 0 Å². The van der Waals surface area contributed by atoms with E-state index >= 15 is 0 Å². The summed E-state index contributed by atoms with van der Waals surface area (Å²) in [5.41, 5.74) is 0. The molecule has 2 aliphatic rings. The lowest BCUT2D eigenvalue weighted by Crippen LogP contribution is -2.26. The fourth-order valence-corrected chi connectivity index (χ4v) is 1.82. The summed E-state index contributed by atoms with van der Waals surface area (Å²) in [5.74, 6) is -0.413. The minimum Gasteiger partial charge on any atom is -0.341 e. The normalized spacial score (nSPS) is 48.2. The third kappa shape index (κ3) is 1.10. The first-order valence-corrected chi connectivity index (χ1v) is 4.27. The zero-order valence-electron chi connectivity index (χ0n) is 7.04. The van der Waals surface area contributed by atoms with Gasteiger partial charge >= 0.3 is 0 Å². The molecule has 0 spiro atoms. The van der Waals surface area contributed by atoms with Gasteiger partial charge in [-0.15, -0.1) is 0 Å². The molecule has 0 saturated carbocycles. The first-order valence-electron chi connectivity index (χ1n) is 4.27. The minimum atomic E-state index is -0.413. The van der Waals surface area contributed by atoms with Gasteiger partial charge in [-0.1, -0.05) is 13.0 Å². The van der Waals surface area contributed by atoms with Gasteiger partial charge in [0.05, 0.1) is 12.2 Å². The monoisotopic (exact) mass is 154 g/mol. The van der Waals surface area contributed by atoms with Crippen LogP contribution in [0, 0.1) is 0 Å². The van der Waals surface area contributed by atoms with Crippen LogP contribution in [0.2, 0.25) is 0 Å². The first-order chi connectivity index (χ1) is 5.23. The van der Waals surface area contributed by atoms with Gasteiger partial charge in [-0.25, -0.2) is 0 Å². The molecule has 1 fully saturated rings. The molecule has 2 nitrogen and oxygen atoms in total. The average molecular weight is 154 g/mol. The van der Waals surface area contributed by atoms with Crippen LogP contribution in [0.5, 0.6) is 0 Å². The molecule has 0 unspecified atom stereocenters. The number of fused-ring (bicyclic) bond motifs is 2. The molecule has 11 heavy (non-hydrogen) atoms. The second-order valence-corrected chi connectivity index (χ2v) is 3.37. The standard InChI is InChI=1S/C9H14O2/c1-3-7-8-5-4-6-9(2,10-7)11-8/h4,6-8H,3,5H2,1-2H3/t7-,8+,9-/m1/s1. The largest absolute Gasteiger partial charge is 0.341 e. The second-order valence-electron chi connectivity index (χ2n) is 3.37. The Kier molecular flexibility index (Phi) is 1.55. The molecule has 62 valence electrons. The van der Waals surface area contributed by atoms with E-state index in [4.69, 9.17) is 9.47 Å². The van der Waals surface area contributed by atoms with E-state index in [9.17, 15) is 0 Å². The van der Waals surface area contributed by atoms with Gasteiger partial charge in [0, 0.05) is 0 Å². The van der Waals surface area contributed by atoms with Crippen molar-refractivity contribution in [1.82, 2.24) is 0 Å². The molecule has 2 rings (SSSR count). The Hall–Kier alpha value is -0.340. The van der Waals surface area contributed by atoms with Crippen LogP contribution in [0.4, 0.5) is 0 Å². The van der Waals surface area contributed by atoms with E-state index in [1.165, 1.54) is 0 Å². The molecule has 0 amide bonds. The number of rotatable bonds is 1. The summed E-state index contributed by atoms with van der Waals surface area (Å²) < 4.78 is 11.4. The van der Waals surface area contributed by atoms with Gasteiger partial charge in [0.25, 0.3) is 0 Å². The predicted octanol–water partition coefficient (Wildman–Crippen LogP) is 1.86. The van der Waals surface area contributed by atoms with Crippen molar-refractivity contribution in [3.05, 3.63) is 12.2 Å². The maximum Gasteiger partial charge on any atom is 0.185 e. The third-order valence-electron chi connectivity index (χ3n) is 2.38. The van der Waals surface area contributed by atoms with E-state index in [0.717, 1.165) is 12.8 Å². The van der Waals surface area contributed by atoms with Crippen LogP contribution in [-0.2, 0) is 9.47 Å². The average Bonchev–Trinajstić information content (AvgIpc) is 2.21. The molecular formula is C9H14O2. The Bertz CT molecular complexity index is 188. The van der Waals surface area contributed by atoms with E-state index in [1.54, 1.807) is 0 Å². The number of ether oxygens (including phenoxy) is 2. The predicted molar refractivity (Wildman–Crippen MR) is 42.2 cm³/mol. The van der Waals surface area contributed by atoms with Gasteiger partial charge < -0.3 is 9.47 Å². The summed E-state index contributed by atoms with van der Waals surface area (Å²) in [6.07, 6.45) is 6.82. The van der Waals surface area contributed by atoms with Crippen molar-refractivity contribution in [3.8, 4) is 0 Å². The highest BCUT2D eigenvalue weighted by Crippen LogP contribution is 2.36. The van der Waals surface area contributed by atoms with Crippen LogP contribution in [0.15, 0.2) is 12.2 Å². The van der Waals surface area contributed by atoms with Crippen LogP contribution in [0.3, 0.4) is 0 Å². The summed E-state index contributed by atoms with van der Waals surface area (Å²) in [4.78, 5) is 0. The van der Waals surface area contributed by atoms with Crippen LogP contribution < -0.4 is 0 Å². The molecule has 0 aromatic rings. The summed E-state index contributed by atoms with van der Waals surface area (Å²) in [7, 11) is 0. The van der Waals surface area contributed by atoms with Crippen molar-refractivity contribution >= 4 is 0 Å². The van der Waals surface area contributed by atoms with E-state index in [2.05, 4.69) is 13.0 Å². The summed E-state index contributed by atoms with van der Waals surface area (Å²) in [6.45, 7) is 4.11. The Morgan fingerprint density at radius 2 is 2.36 bits per heavy atom. The SMILES string of the molecule is CC[C@H]1O[C@@]2(C)C=CC[C@@H]1O2. The topological polar surface area (TPSA) is 18.5 Å². The fourth-order valence-electron chi connectivity index (χ4n) is 1.82. The number of hydrogen-bond acceptors (Lipinski definition) is 2. The maximum atomic E-state index is 5.71. The van der Waals surface area contributed by atoms with E-state index in [-0.39, 0.29) is 0 Å². The van der Waals surface area contributed by atoms with Crippen LogP contribution >= 0.6 is 0 Å². The molecule has 0 aromatic carbocycles. The summed E-state index contributed by atoms with van der Waals surface area (Å²) in [5, 5.41) is 0. The van der Waals surface area contributed by atoms with Crippen LogP contribution in [0.25, 0.3) is 0 Å². The van der Waals surface area contributed by atoms with Crippen molar-refractivity contribution < 1.29 is 9.47 Å². The molecule has 1 saturated heterocycles. The van der Waals surface area contributed by atoms with Crippen molar-refractivity contribution in [2.75, 3.05) is 0 Å². The van der Waals surface area contributed by atoms with E-state index in [1.807, 2.05) is 13.0 Å². The second kappa shape index (κ2) is 2.32. The fraction of sp³-hybridized carbons (Fsp3) is 0.778. The highest BCUT2D eigenvalue weighted by atomic mass is 16.8. The quantitative estimate of drug-likeness (QED) is 0.537. The molecule has 0 aliphatic carbocycles. The molecule has 0 radical (unpaired) electrons. The molecule has 3 atom stereocenters. The lowest BCUT2D eigenvalue weighted by atomic mass is 10.1. The zero-order valence-corrected chi connectivity index (χ0v) is 7.04. The molecule has 0 N–H and O–H groups in total. The summed E-state index contributed by atoms with van der Waals surface area (Å²) >= 11 is 0. The van der Waals surface area contributed by atoms with Gasteiger partial charge in [0.1, 0.15) is 0 Å². The molecular weight excluding hydrogens is 140 g/mol. The molecule has 2 bridgehead atoms. The van der Waals surface area contributed by atoms with Crippen LogP contribution in [-0.4, -0.2) is 18.0 Å². The lowest BCUT2D eigenvalue weighted by Gasteiger charge is -2.21. The molecule has 2 aliphatic heterocycles. The Morgan fingerprint density at radius 1 is 1.55 bits per heavy atom. The van der Waals surface area contributed by atoms with Crippen molar-refractivity contribution in [3.63, 3.8) is 0 Å². The molecule has 0 aromatic heterocycles. The van der Waals surface area contributed by atoms with Crippen molar-refractivity contribution in [1.29, 1.82) is 0 Å². The Morgan fingerprint density at radius 3 is 3.00 bits per heavy atom. The lowest BCUT2D eigenvalue weighted by molar-refractivity contribution is -0.125. The zero-order chi connectivity index (χ0) is 7.90. The van der Waals surface area contributed by atoms with E-state index < -0.39 is 5.79 Å². The van der Waals surface area contributed by atoms with Crippen molar-refractivity contribution in [2.45, 2.75) is 44.7 Å². The number of hydrogen-bond donors (Lipinski definition) is 0. The van der Waals surface area contributed by atoms with Gasteiger partial charge in [-0.05, 0) is 25.8 Å². The Balaban J connectivity index is 2.18. The molecule has 2 heterocycles. The molecule has 2 heteroatoms. The van der Waals surface area contributed by atoms with Crippen molar-refractivity contribution in [2.24, 2.45) is 0 Å². The highest BCUT2D eigenvalue weighted by molar-refractivity contribution is 5.05. The first kappa shape index (κ1) is 7.32. The van der Waals surface area contributed by atoms with Gasteiger partial charge in [0.15, 0.2) is 5.79 Å². The van der Waals surface area contributed by atoms with E-state index in [0.29, 0.717) is 12.2 Å². The van der Waals surface area contributed by atoms with Crippen LogP contribution in [0.1, 0.15) is 26.7 Å². The van der Waals surface area contributed by atoms with Gasteiger partial charge in [0.2, 0.25) is 0 Å². The third-order valence-corrected chi connectivity index (χ3v) is 2.38. The Labute approximate surface area is 67.2 Å². The van der Waals surface area contributed by atoms with Gasteiger partial charge in [-0.2, -0.15) is 0 Å². The maximum absolute atomic E-state index is 5.71. The minimum absolute atomic E-state index is 0.301. The smallest absolute Gasteiger partial charge is 0.185 e. The summed E-state index contributed by atoms with van der Waals surface area (Å²) in [6, 6.07) is 0. The highest BCUT2D eigenvalue weighted by Gasteiger charge is 2.43.